The molecule has 3 saturated carbocycles. The fourth-order valence-electron chi connectivity index (χ4n) is 9.23. The van der Waals surface area contributed by atoms with Crippen molar-refractivity contribution in [3.05, 3.63) is 11.6 Å². The number of hydrogen-bond donors (Lipinski definition) is 0. The third-order valence-corrected chi connectivity index (χ3v) is 12.2. The van der Waals surface area contributed by atoms with Crippen LogP contribution < -0.4 is 0 Å². The normalized spacial score (nSPS) is 46.2. The summed E-state index contributed by atoms with van der Waals surface area (Å²) in [6.07, 6.45) is 17.3. The summed E-state index contributed by atoms with van der Waals surface area (Å²) in [6, 6.07) is 0. The van der Waals surface area contributed by atoms with Crippen molar-refractivity contribution in [2.45, 2.75) is 127 Å². The van der Waals surface area contributed by atoms with Gasteiger partial charge in [0.15, 0.2) is 0 Å². The van der Waals surface area contributed by atoms with E-state index in [1.807, 2.05) is 5.57 Å². The first-order valence-corrected chi connectivity index (χ1v) is 14.0. The molecule has 4 aliphatic carbocycles. The lowest BCUT2D eigenvalue weighted by molar-refractivity contribution is -0.0665. The van der Waals surface area contributed by atoms with Gasteiger partial charge < -0.3 is 0 Å². The molecule has 31 heavy (non-hydrogen) atoms. The van der Waals surface area contributed by atoms with Crippen molar-refractivity contribution in [3.63, 3.8) is 0 Å². The zero-order valence-electron chi connectivity index (χ0n) is 22.6. The van der Waals surface area contributed by atoms with E-state index in [-0.39, 0.29) is 0 Å². The zero-order valence-corrected chi connectivity index (χ0v) is 22.6. The van der Waals surface area contributed by atoms with Crippen molar-refractivity contribution in [2.75, 3.05) is 0 Å². The molecule has 0 aromatic rings. The minimum absolute atomic E-state index is 0.405. The average molecular weight is 427 g/mol. The van der Waals surface area contributed by atoms with Crippen molar-refractivity contribution in [3.8, 4) is 0 Å². The van der Waals surface area contributed by atoms with E-state index in [9.17, 15) is 0 Å². The number of allylic oxidation sites excluding steroid dienone is 2. The van der Waals surface area contributed by atoms with Crippen molar-refractivity contribution < 1.29 is 0 Å². The molecular formula is C31H54. The van der Waals surface area contributed by atoms with Crippen LogP contribution in [0.3, 0.4) is 0 Å². The minimum atomic E-state index is 0.405. The molecule has 4 aliphatic rings. The first-order valence-electron chi connectivity index (χ1n) is 14.0. The summed E-state index contributed by atoms with van der Waals surface area (Å²) in [5.74, 6) is 5.67. The predicted molar refractivity (Wildman–Crippen MR) is 136 cm³/mol. The first kappa shape index (κ1) is 23.9. The second kappa shape index (κ2) is 7.91. The van der Waals surface area contributed by atoms with E-state index >= 15 is 0 Å². The molecular weight excluding hydrogens is 372 g/mol. The highest BCUT2D eigenvalue weighted by Gasteiger charge is 2.60. The summed E-state index contributed by atoms with van der Waals surface area (Å²) >= 11 is 0. The largest absolute Gasteiger partial charge is 0.0845 e. The third kappa shape index (κ3) is 3.79. The van der Waals surface area contributed by atoms with E-state index < -0.39 is 0 Å². The van der Waals surface area contributed by atoms with E-state index in [0.29, 0.717) is 21.7 Å². The van der Waals surface area contributed by atoms with Gasteiger partial charge in [-0.15, -0.1) is 0 Å². The Morgan fingerprint density at radius 1 is 0.903 bits per heavy atom. The Bertz CT molecular complexity index is 691. The Balaban J connectivity index is 1.54. The monoisotopic (exact) mass is 426 g/mol. The van der Waals surface area contributed by atoms with Gasteiger partial charge in [0.25, 0.3) is 0 Å². The van der Waals surface area contributed by atoms with Crippen LogP contribution in [-0.2, 0) is 0 Å². The van der Waals surface area contributed by atoms with Gasteiger partial charge in [-0.05, 0) is 109 Å². The van der Waals surface area contributed by atoms with Gasteiger partial charge in [0.2, 0.25) is 0 Å². The summed E-state index contributed by atoms with van der Waals surface area (Å²) in [5.41, 5.74) is 3.85. The maximum atomic E-state index is 2.78. The molecule has 8 atom stereocenters. The van der Waals surface area contributed by atoms with Gasteiger partial charge in [0.1, 0.15) is 0 Å². The summed E-state index contributed by atoms with van der Waals surface area (Å²) in [7, 11) is 0. The molecule has 0 N–H and O–H groups in total. The lowest BCUT2D eigenvalue weighted by Crippen LogP contribution is -2.52. The fraction of sp³-hybridized carbons (Fsp3) is 0.935. The molecule has 0 amide bonds. The molecule has 0 aromatic carbocycles. The Morgan fingerprint density at radius 3 is 2.26 bits per heavy atom. The van der Waals surface area contributed by atoms with E-state index in [2.05, 4.69) is 68.4 Å². The summed E-state index contributed by atoms with van der Waals surface area (Å²) < 4.78 is 0. The van der Waals surface area contributed by atoms with E-state index in [1.165, 1.54) is 64.2 Å². The van der Waals surface area contributed by atoms with Gasteiger partial charge in [0.05, 0.1) is 0 Å². The summed E-state index contributed by atoms with van der Waals surface area (Å²) in [6.45, 7) is 22.8. The second-order valence-corrected chi connectivity index (χ2v) is 14.9. The lowest BCUT2D eigenvalue weighted by Gasteiger charge is -2.61. The summed E-state index contributed by atoms with van der Waals surface area (Å²) in [4.78, 5) is 0. The van der Waals surface area contributed by atoms with Gasteiger partial charge in [-0.2, -0.15) is 0 Å². The highest BCUT2D eigenvalue weighted by atomic mass is 14.6. The fourth-order valence-corrected chi connectivity index (χ4v) is 9.23. The van der Waals surface area contributed by atoms with Crippen LogP contribution in [0.5, 0.6) is 0 Å². The van der Waals surface area contributed by atoms with Crippen LogP contribution in [0.4, 0.5) is 0 Å². The van der Waals surface area contributed by atoms with Gasteiger partial charge in [-0.3, -0.25) is 0 Å². The molecule has 0 unspecified atom stereocenters. The molecule has 0 heteroatoms. The second-order valence-electron chi connectivity index (χ2n) is 14.9. The van der Waals surface area contributed by atoms with Crippen LogP contribution in [0.25, 0.3) is 0 Å². The van der Waals surface area contributed by atoms with Crippen LogP contribution in [-0.4, -0.2) is 0 Å². The molecule has 0 spiro atoms. The SMILES string of the molecule is CC(C)CC[C@@H](C)[C@H]1CC[C@H]2[C@@H]3CC=C4C[C@](C)(C(C)(C)C)CC[C@]4(C)[C@H]3CC[C@]12C. The molecule has 0 heterocycles. The molecule has 3 fully saturated rings. The van der Waals surface area contributed by atoms with Crippen LogP contribution in [0, 0.1) is 57.2 Å². The third-order valence-electron chi connectivity index (χ3n) is 12.2. The van der Waals surface area contributed by atoms with Gasteiger partial charge in [-0.1, -0.05) is 86.8 Å². The Kier molecular flexibility index (Phi) is 6.09. The Labute approximate surface area is 195 Å². The number of hydrogen-bond acceptors (Lipinski definition) is 0. The molecule has 0 aliphatic heterocycles. The molecule has 0 radical (unpaired) electrons. The van der Waals surface area contributed by atoms with Crippen LogP contribution in [0.2, 0.25) is 0 Å². The standard InChI is InChI=1S/C31H54/c1-21(2)10-11-22(3)25-14-15-26-24-13-12-23-20-29(7,28(4,5)6)18-19-30(23,8)27(24)16-17-31(25,26)9/h12,21-22,24-27H,10-11,13-20H2,1-9H3/t22-,24+,25-,26+,27+,29-,30+,31-/m1/s1. The zero-order chi connectivity index (χ0) is 22.8. The van der Waals surface area contributed by atoms with Crippen LogP contribution in [0.15, 0.2) is 11.6 Å². The highest BCUT2D eigenvalue weighted by molar-refractivity contribution is 5.27. The quantitative estimate of drug-likeness (QED) is 0.392. The van der Waals surface area contributed by atoms with E-state index in [1.54, 1.807) is 0 Å². The van der Waals surface area contributed by atoms with Crippen molar-refractivity contribution in [1.82, 2.24) is 0 Å². The molecule has 0 nitrogen and oxygen atoms in total. The Hall–Kier alpha value is -0.260. The van der Waals surface area contributed by atoms with Gasteiger partial charge in [0, 0.05) is 0 Å². The minimum Gasteiger partial charge on any atom is -0.0845 e. The number of rotatable bonds is 4. The van der Waals surface area contributed by atoms with E-state index in [4.69, 9.17) is 0 Å². The van der Waals surface area contributed by atoms with Crippen molar-refractivity contribution in [2.24, 2.45) is 57.2 Å². The van der Waals surface area contributed by atoms with E-state index in [0.717, 1.165) is 35.5 Å². The van der Waals surface area contributed by atoms with Crippen LogP contribution in [0.1, 0.15) is 127 Å². The predicted octanol–water partition coefficient (Wildman–Crippen LogP) is 9.69. The topological polar surface area (TPSA) is 0 Å². The maximum Gasteiger partial charge on any atom is -0.00849 e. The number of fused-ring (bicyclic) bond motifs is 5. The molecule has 0 bridgehead atoms. The molecule has 0 aromatic heterocycles. The smallest absolute Gasteiger partial charge is 0.00849 e. The van der Waals surface area contributed by atoms with Crippen molar-refractivity contribution >= 4 is 0 Å². The highest BCUT2D eigenvalue weighted by Crippen LogP contribution is 2.69. The summed E-state index contributed by atoms with van der Waals surface area (Å²) in [5, 5.41) is 0. The first-order chi connectivity index (χ1) is 14.3. The average Bonchev–Trinajstić information content (AvgIpc) is 3.03. The molecule has 4 rings (SSSR count). The lowest BCUT2D eigenvalue weighted by atomic mass is 9.44. The van der Waals surface area contributed by atoms with Crippen LogP contribution >= 0.6 is 0 Å². The molecule has 0 saturated heterocycles. The Morgan fingerprint density at radius 2 is 1.61 bits per heavy atom. The van der Waals surface area contributed by atoms with Gasteiger partial charge >= 0.3 is 0 Å². The molecule has 178 valence electrons. The van der Waals surface area contributed by atoms with Gasteiger partial charge in [-0.25, -0.2) is 0 Å². The van der Waals surface area contributed by atoms with Crippen molar-refractivity contribution in [1.29, 1.82) is 0 Å². The maximum absolute atomic E-state index is 2.78.